The molecule has 0 saturated carbocycles. The van der Waals surface area contributed by atoms with Gasteiger partial charge in [0.25, 0.3) is 5.91 Å². The molecule has 5 heterocycles. The molecule has 0 radical (unpaired) electrons. The van der Waals surface area contributed by atoms with Gasteiger partial charge >= 0.3 is 0 Å². The highest BCUT2D eigenvalue weighted by molar-refractivity contribution is 6.01. The number of rotatable bonds is 6. The van der Waals surface area contributed by atoms with Crippen LogP contribution < -0.4 is 20.4 Å². The molecular formula is C31H28FN7O3. The fraction of sp³-hybridized carbons (Fsp3) is 0.323. The van der Waals surface area contributed by atoms with E-state index in [2.05, 4.69) is 26.3 Å². The van der Waals surface area contributed by atoms with E-state index >= 15 is 4.39 Å². The SMILES string of the molecule is N#Cc1ccc2c(c1)-n1cc(C(=O)NCCN3CCCC3)c(=O)c3cc(F)c(N4CCC(c5cnccn5)C4)c(c31)O2. The fourth-order valence-corrected chi connectivity index (χ4v) is 6.29. The van der Waals surface area contributed by atoms with Crippen molar-refractivity contribution in [2.24, 2.45) is 0 Å². The van der Waals surface area contributed by atoms with Crippen molar-refractivity contribution >= 4 is 22.5 Å². The van der Waals surface area contributed by atoms with Crippen molar-refractivity contribution in [1.29, 1.82) is 5.26 Å². The van der Waals surface area contributed by atoms with E-state index in [1.807, 2.05) is 4.90 Å². The second-order valence-electron chi connectivity index (χ2n) is 10.9. The number of hydrogen-bond acceptors (Lipinski definition) is 8. The molecule has 0 aliphatic carbocycles. The summed E-state index contributed by atoms with van der Waals surface area (Å²) in [5.41, 5.74) is 1.65. The summed E-state index contributed by atoms with van der Waals surface area (Å²) in [5.74, 6) is -0.469. The number of halogens is 1. The fourth-order valence-electron chi connectivity index (χ4n) is 6.29. The van der Waals surface area contributed by atoms with Crippen molar-refractivity contribution in [2.45, 2.75) is 25.2 Å². The summed E-state index contributed by atoms with van der Waals surface area (Å²) in [6, 6.07) is 8.24. The van der Waals surface area contributed by atoms with Gasteiger partial charge in [0.05, 0.1) is 28.4 Å². The summed E-state index contributed by atoms with van der Waals surface area (Å²) in [6.45, 7) is 4.15. The lowest BCUT2D eigenvalue weighted by Gasteiger charge is -2.29. The molecule has 1 N–H and O–H groups in total. The van der Waals surface area contributed by atoms with Crippen molar-refractivity contribution in [3.05, 3.63) is 81.9 Å². The zero-order chi connectivity index (χ0) is 28.8. The van der Waals surface area contributed by atoms with E-state index in [1.54, 1.807) is 41.4 Å². The number of benzene rings is 2. The number of carbonyl (C=O) groups excluding carboxylic acids is 1. The van der Waals surface area contributed by atoms with Crippen LogP contribution in [0.4, 0.5) is 10.1 Å². The molecule has 0 spiro atoms. The van der Waals surface area contributed by atoms with Crippen LogP contribution in [0.3, 0.4) is 0 Å². The summed E-state index contributed by atoms with van der Waals surface area (Å²) < 4.78 is 24.0. The third-order valence-electron chi connectivity index (χ3n) is 8.39. The number of nitriles is 1. The minimum absolute atomic E-state index is 0.0381. The van der Waals surface area contributed by atoms with Gasteiger partial charge < -0.3 is 24.4 Å². The Morgan fingerprint density at radius 2 is 2.05 bits per heavy atom. The van der Waals surface area contributed by atoms with E-state index in [-0.39, 0.29) is 28.3 Å². The average molecular weight is 566 g/mol. The van der Waals surface area contributed by atoms with Crippen LogP contribution in [0.5, 0.6) is 11.5 Å². The number of nitrogens with one attached hydrogen (secondary N) is 1. The maximum Gasteiger partial charge on any atom is 0.256 e. The van der Waals surface area contributed by atoms with Crippen molar-refractivity contribution in [3.63, 3.8) is 0 Å². The van der Waals surface area contributed by atoms with Crippen LogP contribution in [-0.4, -0.2) is 64.6 Å². The van der Waals surface area contributed by atoms with Gasteiger partial charge in [0.15, 0.2) is 17.3 Å². The number of nitrogens with zero attached hydrogens (tertiary/aromatic N) is 6. The predicted molar refractivity (Wildman–Crippen MR) is 154 cm³/mol. The lowest BCUT2D eigenvalue weighted by atomic mass is 10.0. The highest BCUT2D eigenvalue weighted by Crippen LogP contribution is 2.48. The highest BCUT2D eigenvalue weighted by Gasteiger charge is 2.34. The smallest absolute Gasteiger partial charge is 0.256 e. The molecule has 2 saturated heterocycles. The molecule has 11 heteroatoms. The Morgan fingerprint density at radius 1 is 1.19 bits per heavy atom. The molecule has 3 aliphatic rings. The first-order valence-corrected chi connectivity index (χ1v) is 14.2. The molecule has 3 aliphatic heterocycles. The number of amides is 1. The minimum atomic E-state index is -0.607. The quantitative estimate of drug-likeness (QED) is 0.331. The van der Waals surface area contributed by atoms with Crippen molar-refractivity contribution in [2.75, 3.05) is 44.2 Å². The van der Waals surface area contributed by atoms with E-state index in [0.29, 0.717) is 48.7 Å². The van der Waals surface area contributed by atoms with Gasteiger partial charge in [0.2, 0.25) is 5.43 Å². The van der Waals surface area contributed by atoms with Crippen LogP contribution in [0.2, 0.25) is 0 Å². The minimum Gasteiger partial charge on any atom is -0.451 e. The molecule has 7 rings (SSSR count). The van der Waals surface area contributed by atoms with E-state index in [9.17, 15) is 14.9 Å². The normalized spacial score (nSPS) is 17.6. The monoisotopic (exact) mass is 565 g/mol. The molecule has 42 heavy (non-hydrogen) atoms. The Morgan fingerprint density at radius 3 is 2.83 bits per heavy atom. The Kier molecular flexibility index (Phi) is 6.55. The molecule has 1 atom stereocenters. The second kappa shape index (κ2) is 10.5. The Bertz CT molecular complexity index is 1810. The number of carbonyl (C=O) groups is 1. The third-order valence-corrected chi connectivity index (χ3v) is 8.39. The molecule has 2 aromatic carbocycles. The maximum atomic E-state index is 16.0. The molecule has 10 nitrogen and oxygen atoms in total. The summed E-state index contributed by atoms with van der Waals surface area (Å²) in [6.07, 6.45) is 9.51. The van der Waals surface area contributed by atoms with Gasteiger partial charge in [-0.3, -0.25) is 19.6 Å². The van der Waals surface area contributed by atoms with Crippen LogP contribution in [0, 0.1) is 17.1 Å². The van der Waals surface area contributed by atoms with Gasteiger partial charge in [-0.15, -0.1) is 0 Å². The summed E-state index contributed by atoms with van der Waals surface area (Å²) in [5, 5.41) is 12.5. The van der Waals surface area contributed by atoms with Gasteiger partial charge in [-0.2, -0.15) is 5.26 Å². The van der Waals surface area contributed by atoms with Crippen LogP contribution >= 0.6 is 0 Å². The Hall–Kier alpha value is -4.82. The molecule has 4 aromatic rings. The number of pyridine rings is 1. The average Bonchev–Trinajstić information content (AvgIpc) is 3.71. The zero-order valence-electron chi connectivity index (χ0n) is 22.8. The van der Waals surface area contributed by atoms with Crippen molar-refractivity contribution in [1.82, 2.24) is 24.8 Å². The molecule has 212 valence electrons. The first kappa shape index (κ1) is 26.1. The van der Waals surface area contributed by atoms with Crippen molar-refractivity contribution < 1.29 is 13.9 Å². The second-order valence-corrected chi connectivity index (χ2v) is 10.9. The standard InChI is InChI=1S/C31H28FN7O3/c32-23-14-21-27-30(28(23)38-11-5-20(17-38)24-16-34-6-7-35-24)42-26-4-3-19(15-33)13-25(26)39(27)18-22(29(21)40)31(41)36-8-12-37-9-1-2-10-37/h3-4,6-7,13-14,16,18,20H,1-2,5,8-12,17H2,(H,36,41). The molecule has 1 amide bonds. The summed E-state index contributed by atoms with van der Waals surface area (Å²) in [4.78, 5) is 39.8. The van der Waals surface area contributed by atoms with Crippen LogP contribution in [0.15, 0.2) is 53.8 Å². The Balaban J connectivity index is 1.33. The molecule has 1 unspecified atom stereocenters. The number of fused-ring (bicyclic) bond motifs is 2. The summed E-state index contributed by atoms with van der Waals surface area (Å²) in [7, 11) is 0. The topological polar surface area (TPSA) is 116 Å². The number of anilines is 1. The predicted octanol–water partition coefficient (Wildman–Crippen LogP) is 3.72. The highest BCUT2D eigenvalue weighted by atomic mass is 19.1. The number of likely N-dealkylation sites (tertiary alicyclic amines) is 1. The molecule has 2 aromatic heterocycles. The number of aromatic nitrogens is 3. The van der Waals surface area contributed by atoms with Crippen LogP contribution in [0.25, 0.3) is 16.6 Å². The molecule has 2 fully saturated rings. The molecular weight excluding hydrogens is 537 g/mol. The van der Waals surface area contributed by atoms with Crippen molar-refractivity contribution in [3.8, 4) is 23.3 Å². The van der Waals surface area contributed by atoms with Gasteiger partial charge in [0, 0.05) is 56.9 Å². The van der Waals surface area contributed by atoms with Crippen LogP contribution in [0.1, 0.15) is 46.8 Å². The van der Waals surface area contributed by atoms with E-state index in [4.69, 9.17) is 4.74 Å². The lowest BCUT2D eigenvalue weighted by Crippen LogP contribution is -2.36. The third kappa shape index (κ3) is 4.44. The Labute approximate surface area is 241 Å². The number of hydrogen-bond donors (Lipinski definition) is 1. The van der Waals surface area contributed by atoms with E-state index in [1.165, 1.54) is 12.3 Å². The number of ether oxygens (including phenoxy) is 1. The van der Waals surface area contributed by atoms with Gasteiger partial charge in [-0.25, -0.2) is 4.39 Å². The summed E-state index contributed by atoms with van der Waals surface area (Å²) >= 11 is 0. The van der Waals surface area contributed by atoms with Gasteiger partial charge in [-0.1, -0.05) is 0 Å². The zero-order valence-corrected chi connectivity index (χ0v) is 22.8. The van der Waals surface area contributed by atoms with E-state index in [0.717, 1.165) is 38.0 Å². The van der Waals surface area contributed by atoms with Crippen LogP contribution in [-0.2, 0) is 0 Å². The largest absolute Gasteiger partial charge is 0.451 e. The van der Waals surface area contributed by atoms with E-state index < -0.39 is 17.2 Å². The van der Waals surface area contributed by atoms with Gasteiger partial charge in [0.1, 0.15) is 16.8 Å². The first-order chi connectivity index (χ1) is 20.5. The lowest BCUT2D eigenvalue weighted by molar-refractivity contribution is 0.0948. The maximum absolute atomic E-state index is 16.0. The van der Waals surface area contributed by atoms with Gasteiger partial charge in [-0.05, 0) is 56.6 Å². The molecule has 0 bridgehead atoms. The first-order valence-electron chi connectivity index (χ1n) is 14.2.